The molecule has 0 spiro atoms. The summed E-state index contributed by atoms with van der Waals surface area (Å²) in [7, 11) is -1.95. The van der Waals surface area contributed by atoms with Gasteiger partial charge in [-0.25, -0.2) is 8.42 Å². The van der Waals surface area contributed by atoms with Crippen LogP contribution in [-0.2, 0) is 34.3 Å². The van der Waals surface area contributed by atoms with Crippen molar-refractivity contribution in [2.45, 2.75) is 62.9 Å². The van der Waals surface area contributed by atoms with E-state index in [1.165, 1.54) is 29.1 Å². The predicted molar refractivity (Wildman–Crippen MR) is 137 cm³/mol. The number of hydrogen-bond donors (Lipinski definition) is 1. The third kappa shape index (κ3) is 6.63. The molecular formula is C27H37N3O4S. The molecule has 2 aliphatic heterocycles. The smallest absolute Gasteiger partial charge is 0.243 e. The Labute approximate surface area is 209 Å². The number of methoxy groups -OCH3 is 1. The molecule has 4 rings (SSSR count). The second-order valence-electron chi connectivity index (χ2n) is 9.47. The summed E-state index contributed by atoms with van der Waals surface area (Å²) in [5, 5.41) is 3.05. The van der Waals surface area contributed by atoms with Gasteiger partial charge in [0.25, 0.3) is 0 Å². The molecule has 2 aliphatic rings. The SMILES string of the molecule is COc1ccc(S(=O)(=O)N2CCCC2)cc1CCC(=O)NCc1ccccc1CN1CCCCC1. The minimum Gasteiger partial charge on any atom is -0.496 e. The molecule has 0 bridgehead atoms. The van der Waals surface area contributed by atoms with Crippen LogP contribution in [0.3, 0.4) is 0 Å². The number of nitrogens with one attached hydrogen (secondary N) is 1. The van der Waals surface area contributed by atoms with E-state index >= 15 is 0 Å². The Morgan fingerprint density at radius 3 is 2.31 bits per heavy atom. The van der Waals surface area contributed by atoms with Gasteiger partial charge >= 0.3 is 0 Å². The molecule has 8 heteroatoms. The van der Waals surface area contributed by atoms with E-state index < -0.39 is 10.0 Å². The van der Waals surface area contributed by atoms with Gasteiger partial charge in [0.2, 0.25) is 15.9 Å². The summed E-state index contributed by atoms with van der Waals surface area (Å²) in [6, 6.07) is 13.2. The largest absolute Gasteiger partial charge is 0.496 e. The standard InChI is InChI=1S/C27H37N3O4S/c1-34-26-13-12-25(35(32,33)30-17-7-8-18-30)19-22(26)11-14-27(31)28-20-23-9-3-4-10-24(23)21-29-15-5-2-6-16-29/h3-4,9-10,12-13,19H,2,5-8,11,14-18,20-21H2,1H3,(H,28,31). The quantitative estimate of drug-likeness (QED) is 0.539. The molecule has 2 heterocycles. The molecule has 0 aliphatic carbocycles. The molecule has 1 amide bonds. The summed E-state index contributed by atoms with van der Waals surface area (Å²) in [5.74, 6) is 0.540. The Hall–Kier alpha value is -2.42. The molecule has 2 aromatic rings. The Bertz CT molecular complexity index is 1110. The van der Waals surface area contributed by atoms with Crippen molar-refractivity contribution >= 4 is 15.9 Å². The van der Waals surface area contributed by atoms with Crippen LogP contribution < -0.4 is 10.1 Å². The maximum Gasteiger partial charge on any atom is 0.243 e. The number of hydrogen-bond acceptors (Lipinski definition) is 5. The number of rotatable bonds is 10. The molecule has 0 radical (unpaired) electrons. The van der Waals surface area contributed by atoms with Gasteiger partial charge in [-0.15, -0.1) is 0 Å². The Kier molecular flexibility index (Phi) is 8.81. The number of aryl methyl sites for hydroxylation is 1. The van der Waals surface area contributed by atoms with E-state index in [1.807, 2.05) is 6.07 Å². The van der Waals surface area contributed by atoms with Crippen LogP contribution in [0.25, 0.3) is 0 Å². The molecular weight excluding hydrogens is 462 g/mol. The van der Waals surface area contributed by atoms with Gasteiger partial charge < -0.3 is 10.1 Å². The summed E-state index contributed by atoms with van der Waals surface area (Å²) in [5.41, 5.74) is 3.13. The van der Waals surface area contributed by atoms with Crippen molar-refractivity contribution in [3.05, 3.63) is 59.2 Å². The van der Waals surface area contributed by atoms with Crippen molar-refractivity contribution in [3.63, 3.8) is 0 Å². The van der Waals surface area contributed by atoms with Crippen LogP contribution in [-0.4, -0.2) is 56.8 Å². The summed E-state index contributed by atoms with van der Waals surface area (Å²) in [4.78, 5) is 15.4. The number of amides is 1. The van der Waals surface area contributed by atoms with Crippen LogP contribution in [0.15, 0.2) is 47.4 Å². The first kappa shape index (κ1) is 25.7. The van der Waals surface area contributed by atoms with Crippen LogP contribution in [0.1, 0.15) is 55.2 Å². The second-order valence-corrected chi connectivity index (χ2v) is 11.4. The number of carbonyl (C=O) groups is 1. The monoisotopic (exact) mass is 499 g/mol. The van der Waals surface area contributed by atoms with Crippen LogP contribution in [0.5, 0.6) is 5.75 Å². The van der Waals surface area contributed by atoms with E-state index in [4.69, 9.17) is 4.74 Å². The average Bonchev–Trinajstić information content (AvgIpc) is 3.43. The molecule has 35 heavy (non-hydrogen) atoms. The van der Waals surface area contributed by atoms with Crippen LogP contribution >= 0.6 is 0 Å². The molecule has 2 fully saturated rings. The minimum absolute atomic E-state index is 0.0624. The minimum atomic E-state index is -3.51. The maximum atomic E-state index is 13.0. The molecule has 2 saturated heterocycles. The lowest BCUT2D eigenvalue weighted by Gasteiger charge is -2.27. The summed E-state index contributed by atoms with van der Waals surface area (Å²) in [6.07, 6.45) is 6.27. The number of benzene rings is 2. The molecule has 0 aromatic heterocycles. The van der Waals surface area contributed by atoms with E-state index in [1.54, 1.807) is 25.3 Å². The highest BCUT2D eigenvalue weighted by molar-refractivity contribution is 7.89. The van der Waals surface area contributed by atoms with Gasteiger partial charge in [0, 0.05) is 32.6 Å². The van der Waals surface area contributed by atoms with Crippen molar-refractivity contribution in [2.75, 3.05) is 33.3 Å². The molecule has 1 N–H and O–H groups in total. The van der Waals surface area contributed by atoms with Crippen molar-refractivity contribution in [1.82, 2.24) is 14.5 Å². The van der Waals surface area contributed by atoms with E-state index in [2.05, 4.69) is 28.4 Å². The van der Waals surface area contributed by atoms with Gasteiger partial charge in [0.15, 0.2) is 0 Å². The van der Waals surface area contributed by atoms with Crippen molar-refractivity contribution in [3.8, 4) is 5.75 Å². The van der Waals surface area contributed by atoms with Gasteiger partial charge in [-0.1, -0.05) is 30.7 Å². The zero-order valence-corrected chi connectivity index (χ0v) is 21.5. The first-order chi connectivity index (χ1) is 17.0. The number of likely N-dealkylation sites (tertiary alicyclic amines) is 1. The number of ether oxygens (including phenoxy) is 1. The highest BCUT2D eigenvalue weighted by atomic mass is 32.2. The third-order valence-electron chi connectivity index (χ3n) is 7.01. The number of nitrogens with zero attached hydrogens (tertiary/aromatic N) is 2. The van der Waals surface area contributed by atoms with Gasteiger partial charge in [-0.05, 0) is 80.1 Å². The topological polar surface area (TPSA) is 79.0 Å². The fraction of sp³-hybridized carbons (Fsp3) is 0.519. The highest BCUT2D eigenvalue weighted by Gasteiger charge is 2.27. The van der Waals surface area contributed by atoms with Crippen LogP contribution in [0.4, 0.5) is 0 Å². The van der Waals surface area contributed by atoms with Gasteiger partial charge in [-0.3, -0.25) is 9.69 Å². The third-order valence-corrected chi connectivity index (χ3v) is 8.91. The first-order valence-corrected chi connectivity index (χ1v) is 14.1. The second kappa shape index (κ2) is 12.0. The lowest BCUT2D eigenvalue weighted by Crippen LogP contribution is -2.30. The Morgan fingerprint density at radius 1 is 0.914 bits per heavy atom. The molecule has 0 saturated carbocycles. The normalized spacial score (nSPS) is 17.4. The summed E-state index contributed by atoms with van der Waals surface area (Å²) < 4.78 is 32.9. The van der Waals surface area contributed by atoms with E-state index in [0.29, 0.717) is 31.8 Å². The van der Waals surface area contributed by atoms with Gasteiger partial charge in [0.05, 0.1) is 12.0 Å². The number of carbonyl (C=O) groups excluding carboxylic acids is 1. The summed E-state index contributed by atoms with van der Waals surface area (Å²) >= 11 is 0. The Morgan fingerprint density at radius 2 is 1.60 bits per heavy atom. The molecule has 7 nitrogen and oxygen atoms in total. The highest BCUT2D eigenvalue weighted by Crippen LogP contribution is 2.27. The molecule has 0 unspecified atom stereocenters. The van der Waals surface area contributed by atoms with Gasteiger partial charge in [-0.2, -0.15) is 4.31 Å². The Balaban J connectivity index is 1.36. The fourth-order valence-electron chi connectivity index (χ4n) is 4.96. The zero-order chi connectivity index (χ0) is 24.7. The van der Waals surface area contributed by atoms with E-state index in [0.717, 1.165) is 43.6 Å². The first-order valence-electron chi connectivity index (χ1n) is 12.7. The van der Waals surface area contributed by atoms with Crippen molar-refractivity contribution in [2.24, 2.45) is 0 Å². The lowest BCUT2D eigenvalue weighted by molar-refractivity contribution is -0.121. The van der Waals surface area contributed by atoms with Crippen molar-refractivity contribution in [1.29, 1.82) is 0 Å². The van der Waals surface area contributed by atoms with Crippen LogP contribution in [0, 0.1) is 0 Å². The zero-order valence-electron chi connectivity index (χ0n) is 20.7. The van der Waals surface area contributed by atoms with E-state index in [9.17, 15) is 13.2 Å². The van der Waals surface area contributed by atoms with Crippen molar-refractivity contribution < 1.29 is 17.9 Å². The molecule has 2 aromatic carbocycles. The maximum absolute atomic E-state index is 13.0. The van der Waals surface area contributed by atoms with Crippen LogP contribution in [0.2, 0.25) is 0 Å². The van der Waals surface area contributed by atoms with E-state index in [-0.39, 0.29) is 17.2 Å². The molecule has 0 atom stereocenters. The number of sulfonamides is 1. The van der Waals surface area contributed by atoms with Gasteiger partial charge in [0.1, 0.15) is 5.75 Å². The molecule has 190 valence electrons. The predicted octanol–water partition coefficient (Wildman–Crippen LogP) is 3.71. The number of piperidine rings is 1. The summed E-state index contributed by atoms with van der Waals surface area (Å²) in [6.45, 7) is 4.80. The fourth-order valence-corrected chi connectivity index (χ4v) is 6.53. The lowest BCUT2D eigenvalue weighted by atomic mass is 10.0. The average molecular weight is 500 g/mol.